The van der Waals surface area contributed by atoms with Crippen molar-refractivity contribution in [1.29, 1.82) is 0 Å². The highest BCUT2D eigenvalue weighted by molar-refractivity contribution is 6.64. The van der Waals surface area contributed by atoms with Crippen LogP contribution in [0.1, 0.15) is 0 Å². The maximum Gasteiger partial charge on any atom is 0.198 e. The van der Waals surface area contributed by atoms with Gasteiger partial charge in [-0.05, 0) is 11.6 Å². The standard InChI is InChI=1S/C7H10Cl2N2O/c1-12-3-2-11-5-6(8)4-10-7(11)9/h4H,2-3,5H2,1H3. The average Bonchev–Trinajstić information content (AvgIpc) is 2.07. The molecule has 0 saturated heterocycles. The van der Waals surface area contributed by atoms with Crippen LogP contribution < -0.4 is 0 Å². The van der Waals surface area contributed by atoms with E-state index in [2.05, 4.69) is 4.99 Å². The highest BCUT2D eigenvalue weighted by atomic mass is 35.5. The molecule has 1 rings (SSSR count). The zero-order valence-electron chi connectivity index (χ0n) is 6.76. The molecular formula is C7H10Cl2N2O. The van der Waals surface area contributed by atoms with Gasteiger partial charge in [-0.25, -0.2) is 4.99 Å². The van der Waals surface area contributed by atoms with E-state index < -0.39 is 0 Å². The van der Waals surface area contributed by atoms with Gasteiger partial charge in [0.05, 0.1) is 18.2 Å². The van der Waals surface area contributed by atoms with Crippen LogP contribution in [-0.4, -0.2) is 37.0 Å². The van der Waals surface area contributed by atoms with E-state index in [4.69, 9.17) is 27.9 Å². The first-order chi connectivity index (χ1) is 5.74. The molecule has 0 N–H and O–H groups in total. The van der Waals surface area contributed by atoms with Gasteiger partial charge >= 0.3 is 0 Å². The second-order valence-electron chi connectivity index (χ2n) is 2.39. The highest BCUT2D eigenvalue weighted by Crippen LogP contribution is 2.12. The molecule has 0 fully saturated rings. The van der Waals surface area contributed by atoms with Crippen molar-refractivity contribution in [3.8, 4) is 0 Å². The minimum atomic E-state index is 0.469. The van der Waals surface area contributed by atoms with Gasteiger partial charge < -0.3 is 9.64 Å². The number of rotatable bonds is 3. The Morgan fingerprint density at radius 1 is 1.67 bits per heavy atom. The summed E-state index contributed by atoms with van der Waals surface area (Å²) in [6, 6.07) is 0. The topological polar surface area (TPSA) is 24.8 Å². The Kier molecular flexibility index (Phi) is 3.85. The Hall–Kier alpha value is -0.250. The predicted molar refractivity (Wildman–Crippen MR) is 50.7 cm³/mol. The quantitative estimate of drug-likeness (QED) is 0.660. The lowest BCUT2D eigenvalue weighted by Gasteiger charge is -2.23. The van der Waals surface area contributed by atoms with E-state index in [1.165, 1.54) is 0 Å². The summed E-state index contributed by atoms with van der Waals surface area (Å²) in [7, 11) is 1.65. The van der Waals surface area contributed by atoms with Crippen LogP contribution in [0.2, 0.25) is 0 Å². The van der Waals surface area contributed by atoms with Gasteiger partial charge in [-0.1, -0.05) is 11.6 Å². The van der Waals surface area contributed by atoms with Crippen molar-refractivity contribution in [2.45, 2.75) is 0 Å². The second kappa shape index (κ2) is 4.70. The third kappa shape index (κ3) is 2.66. The van der Waals surface area contributed by atoms with Crippen LogP contribution in [0, 0.1) is 0 Å². The molecule has 12 heavy (non-hydrogen) atoms. The molecule has 1 aliphatic rings. The summed E-state index contributed by atoms with van der Waals surface area (Å²) < 4.78 is 4.91. The third-order valence-electron chi connectivity index (χ3n) is 1.48. The van der Waals surface area contributed by atoms with Crippen molar-refractivity contribution in [1.82, 2.24) is 4.90 Å². The molecule has 0 aromatic rings. The Morgan fingerprint density at radius 3 is 3.08 bits per heavy atom. The van der Waals surface area contributed by atoms with E-state index in [9.17, 15) is 0 Å². The molecule has 0 spiro atoms. The molecule has 1 heterocycles. The number of amidine groups is 1. The normalized spacial score (nSPS) is 17.4. The molecule has 0 radical (unpaired) electrons. The molecule has 0 bridgehead atoms. The minimum absolute atomic E-state index is 0.469. The monoisotopic (exact) mass is 208 g/mol. The molecular weight excluding hydrogens is 199 g/mol. The number of halogens is 2. The molecule has 3 nitrogen and oxygen atoms in total. The van der Waals surface area contributed by atoms with E-state index in [1.807, 2.05) is 4.90 Å². The van der Waals surface area contributed by atoms with Crippen LogP contribution in [0.3, 0.4) is 0 Å². The summed E-state index contributed by atoms with van der Waals surface area (Å²) in [5.74, 6) is 0. The van der Waals surface area contributed by atoms with Crippen LogP contribution in [0.25, 0.3) is 0 Å². The average molecular weight is 209 g/mol. The molecule has 5 heteroatoms. The summed E-state index contributed by atoms with van der Waals surface area (Å²) in [5, 5.41) is 1.16. The summed E-state index contributed by atoms with van der Waals surface area (Å²) in [5.41, 5.74) is 0. The lowest BCUT2D eigenvalue weighted by atomic mass is 10.4. The van der Waals surface area contributed by atoms with Gasteiger partial charge in [-0.15, -0.1) is 0 Å². The lowest BCUT2D eigenvalue weighted by molar-refractivity contribution is 0.179. The summed E-state index contributed by atoms with van der Waals surface area (Å²) in [6.45, 7) is 1.95. The maximum absolute atomic E-state index is 5.80. The second-order valence-corrected chi connectivity index (χ2v) is 3.21. The van der Waals surface area contributed by atoms with Crippen LogP contribution in [0.5, 0.6) is 0 Å². The third-order valence-corrected chi connectivity index (χ3v) is 2.03. The van der Waals surface area contributed by atoms with E-state index in [1.54, 1.807) is 13.3 Å². The highest BCUT2D eigenvalue weighted by Gasteiger charge is 2.13. The fourth-order valence-electron chi connectivity index (χ4n) is 0.866. The number of aliphatic imine (C=N–C) groups is 1. The van der Waals surface area contributed by atoms with Crippen LogP contribution in [0.15, 0.2) is 16.2 Å². The van der Waals surface area contributed by atoms with Crippen molar-refractivity contribution in [3.63, 3.8) is 0 Å². The van der Waals surface area contributed by atoms with Crippen molar-refractivity contribution in [2.75, 3.05) is 26.8 Å². The zero-order chi connectivity index (χ0) is 8.97. The largest absolute Gasteiger partial charge is 0.383 e. The van der Waals surface area contributed by atoms with Crippen LogP contribution in [-0.2, 0) is 4.74 Å². The fourth-order valence-corrected chi connectivity index (χ4v) is 1.25. The van der Waals surface area contributed by atoms with E-state index in [0.717, 1.165) is 0 Å². The number of methoxy groups -OCH3 is 1. The Bertz CT molecular complexity index is 215. The maximum atomic E-state index is 5.80. The number of hydrogen-bond donors (Lipinski definition) is 0. The van der Waals surface area contributed by atoms with Crippen molar-refractivity contribution < 1.29 is 4.74 Å². The number of ether oxygens (including phenoxy) is 1. The fraction of sp³-hybridized carbons (Fsp3) is 0.571. The van der Waals surface area contributed by atoms with Crippen LogP contribution >= 0.6 is 23.2 Å². The first kappa shape index (κ1) is 9.84. The first-order valence-corrected chi connectivity index (χ1v) is 4.31. The lowest BCUT2D eigenvalue weighted by Crippen LogP contribution is -2.33. The first-order valence-electron chi connectivity index (χ1n) is 3.55. The molecule has 0 saturated carbocycles. The van der Waals surface area contributed by atoms with Gasteiger partial charge in [-0.2, -0.15) is 0 Å². The molecule has 68 valence electrons. The van der Waals surface area contributed by atoms with Crippen molar-refractivity contribution >= 4 is 28.5 Å². The van der Waals surface area contributed by atoms with Gasteiger partial charge in [0, 0.05) is 19.9 Å². The molecule has 0 unspecified atom stereocenters. The summed E-state index contributed by atoms with van der Waals surface area (Å²) in [6.07, 6.45) is 1.56. The number of hydrogen-bond acceptors (Lipinski definition) is 3. The van der Waals surface area contributed by atoms with Gasteiger partial charge in [0.1, 0.15) is 0 Å². The van der Waals surface area contributed by atoms with Crippen molar-refractivity contribution in [2.24, 2.45) is 4.99 Å². The van der Waals surface area contributed by atoms with Crippen molar-refractivity contribution in [3.05, 3.63) is 11.2 Å². The zero-order valence-corrected chi connectivity index (χ0v) is 8.27. The van der Waals surface area contributed by atoms with Gasteiger partial charge in [-0.3, -0.25) is 0 Å². The molecule has 0 aromatic carbocycles. The number of nitrogens with zero attached hydrogens (tertiary/aromatic N) is 2. The Morgan fingerprint density at radius 2 is 2.42 bits per heavy atom. The molecule has 0 amide bonds. The smallest absolute Gasteiger partial charge is 0.198 e. The summed E-state index contributed by atoms with van der Waals surface area (Å²) in [4.78, 5) is 5.76. The van der Waals surface area contributed by atoms with E-state index in [-0.39, 0.29) is 0 Å². The van der Waals surface area contributed by atoms with Gasteiger partial charge in [0.2, 0.25) is 0 Å². The van der Waals surface area contributed by atoms with E-state index >= 15 is 0 Å². The Labute approximate surface area is 81.6 Å². The van der Waals surface area contributed by atoms with E-state index in [0.29, 0.717) is 30.0 Å². The summed E-state index contributed by atoms with van der Waals surface area (Å²) >= 11 is 11.6. The molecule has 0 aliphatic carbocycles. The predicted octanol–water partition coefficient (Wildman–Crippen LogP) is 1.62. The minimum Gasteiger partial charge on any atom is -0.383 e. The molecule has 0 aromatic heterocycles. The van der Waals surface area contributed by atoms with Gasteiger partial charge in [0.25, 0.3) is 0 Å². The van der Waals surface area contributed by atoms with Crippen LogP contribution in [0.4, 0.5) is 0 Å². The van der Waals surface area contributed by atoms with Gasteiger partial charge in [0.15, 0.2) is 5.29 Å². The SMILES string of the molecule is COCCN1CC(Cl)=CN=C1Cl. The molecule has 0 atom stereocenters. The Balaban J connectivity index is 2.46. The molecule has 1 aliphatic heterocycles.